The molecule has 2 heterocycles. The highest BCUT2D eigenvalue weighted by atomic mass is 35.5. The van der Waals surface area contributed by atoms with E-state index in [1.807, 2.05) is 36.4 Å². The Hall–Kier alpha value is -2.04. The Morgan fingerprint density at radius 1 is 1.09 bits per heavy atom. The fourth-order valence-corrected chi connectivity index (χ4v) is 3.22. The van der Waals surface area contributed by atoms with Crippen molar-refractivity contribution in [1.82, 2.24) is 4.90 Å². The number of ether oxygens (including phenoxy) is 1. The Balaban J connectivity index is 1.76. The molecule has 0 radical (unpaired) electrons. The molecule has 4 rings (SSSR count). The molecular weight excluding hydrogens is 310 g/mol. The second-order valence-corrected chi connectivity index (χ2v) is 6.16. The van der Waals surface area contributed by atoms with Crippen LogP contribution in [-0.4, -0.2) is 37.2 Å². The molecule has 2 aromatic carbocycles. The van der Waals surface area contributed by atoms with Crippen LogP contribution < -0.4 is 5.32 Å². The van der Waals surface area contributed by atoms with Gasteiger partial charge < -0.3 is 15.0 Å². The molecule has 1 fully saturated rings. The molecule has 0 aliphatic carbocycles. The minimum atomic E-state index is -0.0380. The highest BCUT2D eigenvalue weighted by molar-refractivity contribution is 6.30. The molecule has 1 atom stereocenters. The van der Waals surface area contributed by atoms with E-state index in [1.165, 1.54) is 5.56 Å². The molecular formula is C18H18ClN3O. The minimum Gasteiger partial charge on any atom is -0.378 e. The highest BCUT2D eigenvalue weighted by Gasteiger charge is 2.26. The average molecular weight is 328 g/mol. The summed E-state index contributed by atoms with van der Waals surface area (Å²) in [4.78, 5) is 7.22. The summed E-state index contributed by atoms with van der Waals surface area (Å²) in [6, 6.07) is 16.3. The lowest BCUT2D eigenvalue weighted by Gasteiger charge is -2.34. The van der Waals surface area contributed by atoms with Crippen molar-refractivity contribution in [3.63, 3.8) is 0 Å². The summed E-state index contributed by atoms with van der Waals surface area (Å²) in [6.07, 6.45) is 0. The number of guanidine groups is 1. The monoisotopic (exact) mass is 327 g/mol. The number of anilines is 1. The fraction of sp³-hybridized carbons (Fsp3) is 0.278. The maximum atomic E-state index is 6.21. The van der Waals surface area contributed by atoms with Crippen molar-refractivity contribution in [2.45, 2.75) is 6.04 Å². The molecule has 0 bridgehead atoms. The first-order chi connectivity index (χ1) is 11.3. The molecule has 2 aliphatic rings. The SMILES string of the molecule is Clc1ccc2c(c1)[C@@H](c1ccccc1)N=C(N1CCOCC1)N2. The number of benzene rings is 2. The highest BCUT2D eigenvalue weighted by Crippen LogP contribution is 2.36. The van der Waals surface area contributed by atoms with E-state index in [4.69, 9.17) is 21.3 Å². The molecule has 4 nitrogen and oxygen atoms in total. The molecule has 2 aromatic rings. The van der Waals surface area contributed by atoms with E-state index in [-0.39, 0.29) is 6.04 Å². The van der Waals surface area contributed by atoms with Crippen molar-refractivity contribution in [3.05, 3.63) is 64.7 Å². The summed E-state index contributed by atoms with van der Waals surface area (Å²) in [6.45, 7) is 3.20. The van der Waals surface area contributed by atoms with Crippen molar-refractivity contribution in [1.29, 1.82) is 0 Å². The third-order valence-corrected chi connectivity index (χ3v) is 4.47. The van der Waals surface area contributed by atoms with Crippen molar-refractivity contribution in [2.75, 3.05) is 31.6 Å². The number of fused-ring (bicyclic) bond motifs is 1. The van der Waals surface area contributed by atoms with E-state index in [2.05, 4.69) is 22.3 Å². The van der Waals surface area contributed by atoms with E-state index in [9.17, 15) is 0 Å². The van der Waals surface area contributed by atoms with Gasteiger partial charge in [-0.1, -0.05) is 41.9 Å². The number of hydrogen-bond acceptors (Lipinski definition) is 4. The van der Waals surface area contributed by atoms with Crippen LogP contribution in [0.25, 0.3) is 0 Å². The first-order valence-corrected chi connectivity index (χ1v) is 8.21. The van der Waals surface area contributed by atoms with Gasteiger partial charge in [-0.25, -0.2) is 4.99 Å². The van der Waals surface area contributed by atoms with Gasteiger partial charge in [0.15, 0.2) is 5.96 Å². The zero-order chi connectivity index (χ0) is 15.6. The molecule has 118 valence electrons. The van der Waals surface area contributed by atoms with E-state index in [0.717, 1.165) is 48.5 Å². The van der Waals surface area contributed by atoms with Crippen molar-refractivity contribution in [2.24, 2.45) is 4.99 Å². The van der Waals surface area contributed by atoms with Gasteiger partial charge in [0.1, 0.15) is 6.04 Å². The normalized spacial score (nSPS) is 20.5. The van der Waals surface area contributed by atoms with Gasteiger partial charge in [0.05, 0.1) is 13.2 Å². The van der Waals surface area contributed by atoms with E-state index >= 15 is 0 Å². The number of rotatable bonds is 1. The first kappa shape index (κ1) is 14.5. The lowest BCUT2D eigenvalue weighted by atomic mass is 9.96. The second kappa shape index (κ2) is 6.22. The van der Waals surface area contributed by atoms with E-state index in [1.54, 1.807) is 0 Å². The van der Waals surface area contributed by atoms with Crippen LogP contribution in [0.1, 0.15) is 17.2 Å². The number of morpholine rings is 1. The van der Waals surface area contributed by atoms with Gasteiger partial charge >= 0.3 is 0 Å². The van der Waals surface area contributed by atoms with Crippen LogP contribution in [0.4, 0.5) is 5.69 Å². The van der Waals surface area contributed by atoms with Crippen LogP contribution in [0.5, 0.6) is 0 Å². The zero-order valence-corrected chi connectivity index (χ0v) is 13.5. The Bertz CT molecular complexity index is 726. The summed E-state index contributed by atoms with van der Waals surface area (Å²) in [5.41, 5.74) is 3.35. The largest absolute Gasteiger partial charge is 0.378 e. The molecule has 5 heteroatoms. The summed E-state index contributed by atoms with van der Waals surface area (Å²) in [5.74, 6) is 0.914. The Kier molecular flexibility index (Phi) is 3.93. The number of hydrogen-bond donors (Lipinski definition) is 1. The molecule has 0 unspecified atom stereocenters. The maximum absolute atomic E-state index is 6.21. The van der Waals surface area contributed by atoms with Crippen molar-refractivity contribution in [3.8, 4) is 0 Å². The third kappa shape index (κ3) is 2.92. The van der Waals surface area contributed by atoms with Crippen LogP contribution in [-0.2, 0) is 4.74 Å². The van der Waals surface area contributed by atoms with Crippen LogP contribution in [0, 0.1) is 0 Å². The molecule has 23 heavy (non-hydrogen) atoms. The lowest BCUT2D eigenvalue weighted by molar-refractivity contribution is 0.0678. The van der Waals surface area contributed by atoms with Crippen molar-refractivity contribution >= 4 is 23.2 Å². The summed E-state index contributed by atoms with van der Waals surface area (Å²) >= 11 is 6.21. The van der Waals surface area contributed by atoms with Gasteiger partial charge in [0.2, 0.25) is 0 Å². The van der Waals surface area contributed by atoms with Gasteiger partial charge in [-0.15, -0.1) is 0 Å². The maximum Gasteiger partial charge on any atom is 0.199 e. The van der Waals surface area contributed by atoms with Gasteiger partial charge in [-0.3, -0.25) is 0 Å². The summed E-state index contributed by atoms with van der Waals surface area (Å²) < 4.78 is 5.45. The molecule has 1 saturated heterocycles. The quantitative estimate of drug-likeness (QED) is 0.870. The zero-order valence-electron chi connectivity index (χ0n) is 12.7. The molecule has 0 spiro atoms. The van der Waals surface area contributed by atoms with Gasteiger partial charge in [0.25, 0.3) is 0 Å². The molecule has 2 aliphatic heterocycles. The minimum absolute atomic E-state index is 0.0380. The Morgan fingerprint density at radius 3 is 2.65 bits per heavy atom. The van der Waals surface area contributed by atoms with Gasteiger partial charge in [0, 0.05) is 29.4 Å². The van der Waals surface area contributed by atoms with Gasteiger partial charge in [-0.05, 0) is 23.8 Å². The van der Waals surface area contributed by atoms with Gasteiger partial charge in [-0.2, -0.15) is 0 Å². The van der Waals surface area contributed by atoms with Crippen LogP contribution in [0.3, 0.4) is 0 Å². The second-order valence-electron chi connectivity index (χ2n) is 5.72. The summed E-state index contributed by atoms with van der Waals surface area (Å²) in [7, 11) is 0. The standard InChI is InChI=1S/C18H18ClN3O/c19-14-6-7-16-15(12-14)17(13-4-2-1-3-5-13)21-18(20-16)22-8-10-23-11-9-22/h1-7,12,17H,8-11H2,(H,20,21)/t17-/m1/s1. The smallest absolute Gasteiger partial charge is 0.199 e. The first-order valence-electron chi connectivity index (χ1n) is 7.83. The number of nitrogens with zero attached hydrogens (tertiary/aromatic N) is 2. The van der Waals surface area contributed by atoms with E-state index < -0.39 is 0 Å². The average Bonchev–Trinajstić information content (AvgIpc) is 2.62. The number of aliphatic imine (C=N–C) groups is 1. The molecule has 1 N–H and O–H groups in total. The molecule has 0 amide bonds. The topological polar surface area (TPSA) is 36.9 Å². The lowest BCUT2D eigenvalue weighted by Crippen LogP contribution is -2.45. The van der Waals surface area contributed by atoms with Crippen molar-refractivity contribution < 1.29 is 4.74 Å². The predicted molar refractivity (Wildman–Crippen MR) is 93.2 cm³/mol. The fourth-order valence-electron chi connectivity index (χ4n) is 3.04. The Labute approximate surface area is 140 Å². The van der Waals surface area contributed by atoms with Crippen LogP contribution in [0.15, 0.2) is 53.5 Å². The number of nitrogens with one attached hydrogen (secondary N) is 1. The third-order valence-electron chi connectivity index (χ3n) is 4.23. The summed E-state index contributed by atoms with van der Waals surface area (Å²) in [5, 5.41) is 4.19. The molecule has 0 saturated carbocycles. The molecule has 0 aromatic heterocycles. The van der Waals surface area contributed by atoms with Crippen LogP contribution >= 0.6 is 11.6 Å². The predicted octanol–water partition coefficient (Wildman–Crippen LogP) is 3.54. The van der Waals surface area contributed by atoms with Crippen LogP contribution in [0.2, 0.25) is 5.02 Å². The van der Waals surface area contributed by atoms with E-state index in [0.29, 0.717) is 0 Å². The number of halogens is 1. The Morgan fingerprint density at radius 2 is 1.87 bits per heavy atom.